The fraction of sp³-hybridized carbons (Fsp3) is 0.483. The first-order chi connectivity index (χ1) is 19.2. The largest absolute Gasteiger partial charge is 0.494 e. The number of carbonyl (C=O) groups is 3. The van der Waals surface area contributed by atoms with Crippen LogP contribution < -0.4 is 10.1 Å². The van der Waals surface area contributed by atoms with Crippen molar-refractivity contribution in [1.29, 1.82) is 0 Å². The molecule has 0 spiro atoms. The Morgan fingerprint density at radius 1 is 1.02 bits per heavy atom. The molecule has 2 bridgehead atoms. The number of aromatic nitrogens is 3. The molecule has 3 amide bonds. The van der Waals surface area contributed by atoms with E-state index >= 15 is 0 Å². The van der Waals surface area contributed by atoms with E-state index in [0.717, 1.165) is 29.1 Å². The molecule has 3 aromatic rings. The smallest absolute Gasteiger partial charge is 0.244 e. The van der Waals surface area contributed by atoms with Crippen LogP contribution in [0, 0.1) is 20.8 Å². The average molecular weight is 549 g/mol. The lowest BCUT2D eigenvalue weighted by Gasteiger charge is -2.25. The van der Waals surface area contributed by atoms with Gasteiger partial charge >= 0.3 is 0 Å². The number of amides is 3. The predicted octanol–water partition coefficient (Wildman–Crippen LogP) is 2.15. The third-order valence-corrected chi connectivity index (χ3v) is 7.47. The highest BCUT2D eigenvalue weighted by atomic mass is 16.5. The summed E-state index contributed by atoms with van der Waals surface area (Å²) >= 11 is 0. The van der Waals surface area contributed by atoms with E-state index in [2.05, 4.69) is 15.6 Å². The van der Waals surface area contributed by atoms with Crippen LogP contribution in [0.25, 0.3) is 0 Å². The molecule has 212 valence electrons. The summed E-state index contributed by atoms with van der Waals surface area (Å²) < 4.78 is 13.0. The van der Waals surface area contributed by atoms with Crippen molar-refractivity contribution in [2.45, 2.75) is 58.5 Å². The lowest BCUT2D eigenvalue weighted by molar-refractivity contribution is -0.136. The second kappa shape index (κ2) is 11.9. The Labute approximate surface area is 233 Å². The Balaban J connectivity index is 1.34. The maximum atomic E-state index is 13.3. The number of benzene rings is 1. The quantitative estimate of drug-likeness (QED) is 0.530. The molecule has 0 radical (unpaired) electrons. The molecule has 11 heteroatoms. The van der Waals surface area contributed by atoms with Gasteiger partial charge in [0, 0.05) is 37.3 Å². The summed E-state index contributed by atoms with van der Waals surface area (Å²) in [5, 5.41) is 11.4. The molecule has 2 aliphatic heterocycles. The van der Waals surface area contributed by atoms with Crippen LogP contribution >= 0.6 is 0 Å². The Bertz CT molecular complexity index is 1380. The van der Waals surface area contributed by atoms with Gasteiger partial charge in [-0.1, -0.05) is 17.3 Å². The summed E-state index contributed by atoms with van der Waals surface area (Å²) in [6.45, 7) is 7.44. The number of ether oxygens (including phenoxy) is 1. The zero-order valence-corrected chi connectivity index (χ0v) is 23.3. The Hall–Kier alpha value is -4.15. The van der Waals surface area contributed by atoms with Gasteiger partial charge in [-0.2, -0.15) is 5.10 Å². The molecular weight excluding hydrogens is 512 g/mol. The van der Waals surface area contributed by atoms with Crippen molar-refractivity contribution < 1.29 is 23.6 Å². The SMILES string of the molecule is Cc1cc(CC(=O)N2CCCCOc3cccc(c3)[C@H]3CN(C(=O)Cn4nc(C)cc4C)C[C@@H]3NC(=O)C2)on1. The number of hydrogen-bond donors (Lipinski definition) is 1. The molecule has 2 atom stereocenters. The van der Waals surface area contributed by atoms with E-state index in [1.165, 1.54) is 0 Å². The molecule has 11 nitrogen and oxygen atoms in total. The highest BCUT2D eigenvalue weighted by molar-refractivity contribution is 5.86. The number of nitrogens with zero attached hydrogens (tertiary/aromatic N) is 5. The summed E-state index contributed by atoms with van der Waals surface area (Å²) in [5.41, 5.74) is 3.48. The topological polar surface area (TPSA) is 123 Å². The van der Waals surface area contributed by atoms with Crippen molar-refractivity contribution in [3.63, 3.8) is 0 Å². The zero-order chi connectivity index (χ0) is 28.2. The maximum Gasteiger partial charge on any atom is 0.244 e. The molecule has 4 heterocycles. The van der Waals surface area contributed by atoms with Crippen molar-refractivity contribution >= 4 is 17.7 Å². The molecule has 40 heavy (non-hydrogen) atoms. The molecule has 0 aliphatic carbocycles. The van der Waals surface area contributed by atoms with E-state index < -0.39 is 0 Å². The van der Waals surface area contributed by atoms with E-state index in [1.807, 2.05) is 44.2 Å². The monoisotopic (exact) mass is 548 g/mol. The fourth-order valence-corrected chi connectivity index (χ4v) is 5.46. The van der Waals surface area contributed by atoms with Gasteiger partial charge in [0.1, 0.15) is 18.1 Å². The summed E-state index contributed by atoms with van der Waals surface area (Å²) in [7, 11) is 0. The van der Waals surface area contributed by atoms with Crippen molar-refractivity contribution in [3.8, 4) is 5.75 Å². The Morgan fingerprint density at radius 3 is 2.62 bits per heavy atom. The van der Waals surface area contributed by atoms with Crippen LogP contribution in [0.2, 0.25) is 0 Å². The summed E-state index contributed by atoms with van der Waals surface area (Å²) in [6.07, 6.45) is 1.46. The minimum Gasteiger partial charge on any atom is -0.494 e. The van der Waals surface area contributed by atoms with Gasteiger partial charge in [0.25, 0.3) is 0 Å². The van der Waals surface area contributed by atoms with Crippen LogP contribution in [0.3, 0.4) is 0 Å². The molecular formula is C29H36N6O5. The van der Waals surface area contributed by atoms with Crippen molar-refractivity contribution in [1.82, 2.24) is 30.1 Å². The van der Waals surface area contributed by atoms with Crippen LogP contribution in [0.15, 0.2) is 40.9 Å². The van der Waals surface area contributed by atoms with Gasteiger partial charge in [-0.3, -0.25) is 19.1 Å². The number of aryl methyl sites for hydroxylation is 3. The van der Waals surface area contributed by atoms with Crippen LogP contribution in [-0.2, 0) is 27.3 Å². The first-order valence-electron chi connectivity index (χ1n) is 13.8. The summed E-state index contributed by atoms with van der Waals surface area (Å²) in [6, 6.07) is 11.2. The van der Waals surface area contributed by atoms with E-state index in [9.17, 15) is 14.4 Å². The number of fused-ring (bicyclic) bond motifs is 4. The molecule has 2 aliphatic rings. The van der Waals surface area contributed by atoms with E-state index in [4.69, 9.17) is 9.26 Å². The number of rotatable bonds is 4. The number of carbonyl (C=O) groups excluding carboxylic acids is 3. The summed E-state index contributed by atoms with van der Waals surface area (Å²) in [5.74, 6) is 0.583. The molecule has 0 saturated carbocycles. The molecule has 1 saturated heterocycles. The second-order valence-corrected chi connectivity index (χ2v) is 10.7. The molecule has 1 fully saturated rings. The number of hydrogen-bond acceptors (Lipinski definition) is 7. The Kier molecular flexibility index (Phi) is 8.18. The van der Waals surface area contributed by atoms with Crippen LogP contribution in [0.1, 0.15) is 47.2 Å². The van der Waals surface area contributed by atoms with Crippen LogP contribution in [0.4, 0.5) is 0 Å². The second-order valence-electron chi connectivity index (χ2n) is 10.7. The molecule has 1 N–H and O–H groups in total. The van der Waals surface area contributed by atoms with E-state index in [0.29, 0.717) is 44.1 Å². The lowest BCUT2D eigenvalue weighted by atomic mass is 9.94. The van der Waals surface area contributed by atoms with Gasteiger partial charge in [-0.15, -0.1) is 0 Å². The Morgan fingerprint density at radius 2 is 1.88 bits per heavy atom. The maximum absolute atomic E-state index is 13.3. The fourth-order valence-electron chi connectivity index (χ4n) is 5.46. The predicted molar refractivity (Wildman–Crippen MR) is 146 cm³/mol. The highest BCUT2D eigenvalue weighted by Crippen LogP contribution is 2.30. The first-order valence-corrected chi connectivity index (χ1v) is 13.8. The van der Waals surface area contributed by atoms with Gasteiger partial charge < -0.3 is 24.4 Å². The van der Waals surface area contributed by atoms with E-state index in [1.54, 1.807) is 27.5 Å². The van der Waals surface area contributed by atoms with Gasteiger partial charge in [-0.25, -0.2) is 0 Å². The standard InChI is InChI=1S/C29H36N6O5/c1-19-11-21(3)35(31-19)18-29(38)34-15-25-22-7-6-8-23(13-22)39-10-5-4-9-33(17-27(36)30-26(25)16-34)28(37)14-24-12-20(2)32-40-24/h6-8,11-13,25-26H,4-5,9-10,14-18H2,1-3H3,(H,30,36)/t25-,26+/m1/s1. The van der Waals surface area contributed by atoms with Crippen molar-refractivity contribution in [2.75, 3.05) is 32.8 Å². The molecule has 1 aromatic carbocycles. The normalized spacial score (nSPS) is 19.9. The highest BCUT2D eigenvalue weighted by Gasteiger charge is 2.38. The molecule has 2 aromatic heterocycles. The van der Waals surface area contributed by atoms with Gasteiger partial charge in [0.05, 0.1) is 37.0 Å². The third-order valence-electron chi connectivity index (χ3n) is 7.47. The first kappa shape index (κ1) is 27.4. The molecule has 5 rings (SSSR count). The van der Waals surface area contributed by atoms with Crippen molar-refractivity contribution in [3.05, 3.63) is 64.8 Å². The van der Waals surface area contributed by atoms with Crippen molar-refractivity contribution in [2.24, 2.45) is 0 Å². The lowest BCUT2D eigenvalue weighted by Crippen LogP contribution is -2.47. The third kappa shape index (κ3) is 6.52. The minimum atomic E-state index is -0.316. The molecule has 0 unspecified atom stereocenters. The number of likely N-dealkylation sites (tertiary alicyclic amines) is 1. The summed E-state index contributed by atoms with van der Waals surface area (Å²) in [4.78, 5) is 43.1. The zero-order valence-electron chi connectivity index (χ0n) is 23.3. The minimum absolute atomic E-state index is 0.0375. The van der Waals surface area contributed by atoms with E-state index in [-0.39, 0.29) is 49.2 Å². The van der Waals surface area contributed by atoms with Gasteiger partial charge in [0.2, 0.25) is 17.7 Å². The van der Waals surface area contributed by atoms with Gasteiger partial charge in [0.15, 0.2) is 0 Å². The van der Waals surface area contributed by atoms with Gasteiger partial charge in [-0.05, 0) is 57.4 Å². The van der Waals surface area contributed by atoms with Crippen LogP contribution in [-0.4, -0.2) is 81.3 Å². The van der Waals surface area contributed by atoms with Crippen LogP contribution in [0.5, 0.6) is 5.75 Å². The number of nitrogens with one attached hydrogen (secondary N) is 1. The average Bonchev–Trinajstić information content (AvgIpc) is 3.61.